The third-order valence-electron chi connectivity index (χ3n) is 5.52. The summed E-state index contributed by atoms with van der Waals surface area (Å²) in [7, 11) is -2.03. The molecule has 5 nitrogen and oxygen atoms in total. The molecule has 146 valence electrons. The Morgan fingerprint density at radius 3 is 2.00 bits per heavy atom. The molecule has 0 aliphatic carbocycles. The fourth-order valence-corrected chi connectivity index (χ4v) is 10.4. The number of nitrogens with one attached hydrogen (secondary N) is 1. The monoisotopic (exact) mass is 375 g/mol. The van der Waals surface area contributed by atoms with Crippen LogP contribution in [0.25, 0.3) is 11.2 Å². The molecule has 0 spiro atoms. The molecule has 2 heterocycles. The second-order valence-electron chi connectivity index (χ2n) is 10.3. The molecule has 0 aliphatic rings. The van der Waals surface area contributed by atoms with Crippen molar-refractivity contribution in [2.75, 3.05) is 4.98 Å². The van der Waals surface area contributed by atoms with Crippen molar-refractivity contribution in [1.82, 2.24) is 19.5 Å². The minimum Gasteiger partial charge on any atom is -0.392 e. The van der Waals surface area contributed by atoms with E-state index >= 15 is 0 Å². The number of nitrogens with zero attached hydrogens (tertiary/aromatic N) is 4. The van der Waals surface area contributed by atoms with Gasteiger partial charge in [0.15, 0.2) is 13.9 Å². The van der Waals surface area contributed by atoms with Crippen LogP contribution in [-0.2, 0) is 0 Å². The predicted molar refractivity (Wildman–Crippen MR) is 114 cm³/mol. The molecule has 0 radical (unpaired) electrons. The Balaban J connectivity index is 2.65. The van der Waals surface area contributed by atoms with Crippen molar-refractivity contribution < 1.29 is 0 Å². The molecule has 0 amide bonds. The molecule has 0 bridgehead atoms. The van der Waals surface area contributed by atoms with Crippen molar-refractivity contribution >= 4 is 25.2 Å². The van der Waals surface area contributed by atoms with Gasteiger partial charge in [0.1, 0.15) is 17.7 Å². The molecule has 1 N–H and O–H groups in total. The third kappa shape index (κ3) is 3.66. The number of anilines is 1. The van der Waals surface area contributed by atoms with Gasteiger partial charge in [-0.15, -0.1) is 0 Å². The maximum atomic E-state index is 4.66. The van der Waals surface area contributed by atoms with Gasteiger partial charge in [0.25, 0.3) is 0 Å². The van der Waals surface area contributed by atoms with Crippen molar-refractivity contribution in [3.8, 4) is 0 Å². The summed E-state index contributed by atoms with van der Waals surface area (Å²) in [5, 5.41) is 0.348. The quantitative estimate of drug-likeness (QED) is 0.649. The zero-order valence-electron chi connectivity index (χ0n) is 18.3. The number of hydrogen-bond acceptors (Lipinski definition) is 4. The maximum Gasteiger partial charge on any atom is 0.166 e. The van der Waals surface area contributed by atoms with E-state index in [0.717, 1.165) is 17.0 Å². The molecule has 0 aliphatic heterocycles. The van der Waals surface area contributed by atoms with Gasteiger partial charge in [-0.2, -0.15) is 0 Å². The second kappa shape index (κ2) is 6.95. The lowest BCUT2D eigenvalue weighted by Gasteiger charge is -2.53. The summed E-state index contributed by atoms with van der Waals surface area (Å²) in [6.45, 7) is 23.2. The topological polar surface area (TPSA) is 55.6 Å². The first-order valence-electron chi connectivity index (χ1n) is 9.76. The van der Waals surface area contributed by atoms with E-state index in [0.29, 0.717) is 12.0 Å². The highest BCUT2D eigenvalue weighted by molar-refractivity contribution is 6.87. The molecule has 2 aromatic heterocycles. The van der Waals surface area contributed by atoms with Crippen LogP contribution >= 0.6 is 0 Å². The van der Waals surface area contributed by atoms with E-state index in [4.69, 9.17) is 0 Å². The van der Waals surface area contributed by atoms with Gasteiger partial charge >= 0.3 is 0 Å². The molecule has 0 saturated carbocycles. The van der Waals surface area contributed by atoms with Crippen LogP contribution in [0.4, 0.5) is 5.82 Å². The lowest BCUT2D eigenvalue weighted by molar-refractivity contribution is 0.578. The van der Waals surface area contributed by atoms with Crippen molar-refractivity contribution in [3.63, 3.8) is 0 Å². The highest BCUT2D eigenvalue weighted by Crippen LogP contribution is 2.54. The summed E-state index contributed by atoms with van der Waals surface area (Å²) in [6.07, 6.45) is 3.56. The highest BCUT2D eigenvalue weighted by atomic mass is 28.3. The summed E-state index contributed by atoms with van der Waals surface area (Å²) >= 11 is 0. The number of fused-ring (bicyclic) bond motifs is 1. The lowest BCUT2D eigenvalue weighted by atomic mass is 10.2. The van der Waals surface area contributed by atoms with Crippen molar-refractivity contribution in [3.05, 3.63) is 12.7 Å². The Morgan fingerprint density at radius 2 is 1.54 bits per heavy atom. The highest BCUT2D eigenvalue weighted by Gasteiger charge is 2.54. The molecule has 0 unspecified atom stereocenters. The number of aromatic nitrogens is 4. The molecule has 0 fully saturated rings. The van der Waals surface area contributed by atoms with Crippen LogP contribution in [0.3, 0.4) is 0 Å². The maximum absolute atomic E-state index is 4.66. The van der Waals surface area contributed by atoms with E-state index in [1.165, 1.54) is 6.04 Å². The lowest BCUT2D eigenvalue weighted by Crippen LogP contribution is -2.59. The van der Waals surface area contributed by atoms with Gasteiger partial charge < -0.3 is 9.55 Å². The van der Waals surface area contributed by atoms with E-state index in [1.54, 1.807) is 6.33 Å². The largest absolute Gasteiger partial charge is 0.392 e. The van der Waals surface area contributed by atoms with Crippen molar-refractivity contribution in [2.24, 2.45) is 5.92 Å². The fraction of sp³-hybridized carbons (Fsp3) is 0.750. The SMILES string of the molecule is CC(C)C[Si](Nc1ncnc2c1ncn2C(C)C)(C(C)(C)C)C(C)(C)C. The van der Waals surface area contributed by atoms with Gasteiger partial charge in [0.05, 0.1) is 6.33 Å². The Labute approximate surface area is 160 Å². The Bertz CT molecular complexity index is 736. The molecule has 6 heteroatoms. The molecule has 0 saturated heterocycles. The summed E-state index contributed by atoms with van der Waals surface area (Å²) in [6, 6.07) is 1.52. The number of rotatable bonds is 5. The zero-order chi connectivity index (χ0) is 19.9. The van der Waals surface area contributed by atoms with Gasteiger partial charge in [-0.25, -0.2) is 15.0 Å². The average molecular weight is 376 g/mol. The molecule has 2 rings (SSSR count). The van der Waals surface area contributed by atoms with E-state index in [9.17, 15) is 0 Å². The summed E-state index contributed by atoms with van der Waals surface area (Å²) in [5.74, 6) is 1.52. The zero-order valence-corrected chi connectivity index (χ0v) is 19.3. The summed E-state index contributed by atoms with van der Waals surface area (Å²) in [4.78, 5) is 17.8. The van der Waals surface area contributed by atoms with Crippen LogP contribution in [0.5, 0.6) is 0 Å². The molecular weight excluding hydrogens is 338 g/mol. The van der Waals surface area contributed by atoms with Crippen molar-refractivity contribution in [2.45, 2.75) is 91.4 Å². The fourth-order valence-electron chi connectivity index (χ4n) is 4.30. The van der Waals surface area contributed by atoms with E-state index in [1.807, 2.05) is 6.33 Å². The number of imidazole rings is 1. The number of hydrogen-bond donors (Lipinski definition) is 1. The smallest absolute Gasteiger partial charge is 0.166 e. The van der Waals surface area contributed by atoms with E-state index in [2.05, 4.69) is 93.7 Å². The average Bonchev–Trinajstić information content (AvgIpc) is 2.88. The Kier molecular flexibility index (Phi) is 5.58. The molecular formula is C20H37N5Si. The van der Waals surface area contributed by atoms with Crippen LogP contribution in [0, 0.1) is 5.92 Å². The minimum absolute atomic E-state index is 0.174. The van der Waals surface area contributed by atoms with Crippen LogP contribution in [0.2, 0.25) is 16.1 Å². The van der Waals surface area contributed by atoms with Crippen LogP contribution in [0.1, 0.15) is 75.3 Å². The van der Waals surface area contributed by atoms with Gasteiger partial charge in [-0.1, -0.05) is 55.4 Å². The molecule has 26 heavy (non-hydrogen) atoms. The van der Waals surface area contributed by atoms with Gasteiger partial charge in [0, 0.05) is 6.04 Å². The minimum atomic E-state index is -2.03. The van der Waals surface area contributed by atoms with Crippen LogP contribution in [-0.4, -0.2) is 27.8 Å². The summed E-state index contributed by atoms with van der Waals surface area (Å²) in [5.41, 5.74) is 1.79. The molecule has 0 atom stereocenters. The Morgan fingerprint density at radius 1 is 0.962 bits per heavy atom. The standard InChI is InChI=1S/C20H37N5Si/c1-14(2)11-26(19(5,6)7,20(8,9)10)24-17-16-18(22-12-21-17)25(13-23-16)15(3)4/h12-15H,11H2,1-10H3,(H,21,22,24). The second-order valence-corrected chi connectivity index (χ2v) is 15.7. The first-order chi connectivity index (χ1) is 11.8. The van der Waals surface area contributed by atoms with E-state index < -0.39 is 8.24 Å². The summed E-state index contributed by atoms with van der Waals surface area (Å²) < 4.78 is 2.11. The van der Waals surface area contributed by atoms with Gasteiger partial charge in [-0.05, 0) is 35.9 Å². The van der Waals surface area contributed by atoms with Crippen LogP contribution < -0.4 is 4.98 Å². The van der Waals surface area contributed by atoms with Gasteiger partial charge in [-0.3, -0.25) is 0 Å². The van der Waals surface area contributed by atoms with Gasteiger partial charge in [0.2, 0.25) is 0 Å². The predicted octanol–water partition coefficient (Wildman–Crippen LogP) is 6.02. The first-order valence-corrected chi connectivity index (χ1v) is 12.0. The van der Waals surface area contributed by atoms with E-state index in [-0.39, 0.29) is 10.1 Å². The Hall–Kier alpha value is -1.43. The molecule has 0 aromatic carbocycles. The third-order valence-corrected chi connectivity index (χ3v) is 12.7. The first kappa shape index (κ1) is 20.9. The molecule has 2 aromatic rings. The normalized spacial score (nSPS) is 13.8. The van der Waals surface area contributed by atoms with Crippen LogP contribution in [0.15, 0.2) is 12.7 Å². The van der Waals surface area contributed by atoms with Crippen molar-refractivity contribution in [1.29, 1.82) is 0 Å².